The van der Waals surface area contributed by atoms with E-state index in [2.05, 4.69) is 10.6 Å². The Morgan fingerprint density at radius 2 is 1.81 bits per heavy atom. The molecule has 1 rings (SSSR count). The smallest absolute Gasteiger partial charge is 0.306 e. The Morgan fingerprint density at radius 3 is 2.48 bits per heavy atom. The van der Waals surface area contributed by atoms with Crippen LogP contribution in [-0.2, 0) is 20.9 Å². The van der Waals surface area contributed by atoms with Crippen LogP contribution in [0.2, 0.25) is 0 Å². The van der Waals surface area contributed by atoms with Gasteiger partial charge in [-0.15, -0.1) is 0 Å². The van der Waals surface area contributed by atoms with Crippen molar-refractivity contribution in [2.24, 2.45) is 0 Å². The van der Waals surface area contributed by atoms with Crippen LogP contribution >= 0.6 is 12.2 Å². The van der Waals surface area contributed by atoms with Crippen LogP contribution in [0.4, 0.5) is 0 Å². The second kappa shape index (κ2) is 12.9. The summed E-state index contributed by atoms with van der Waals surface area (Å²) in [6, 6.07) is 5.59. The van der Waals surface area contributed by atoms with Gasteiger partial charge in [-0.05, 0) is 42.8 Å². The van der Waals surface area contributed by atoms with Gasteiger partial charge in [-0.2, -0.15) is 0 Å². The normalized spacial score (nSPS) is 10.0. The van der Waals surface area contributed by atoms with Gasteiger partial charge in [0.15, 0.2) is 16.6 Å². The molecule has 0 aliphatic heterocycles. The number of rotatable bonds is 11. The standard InChI is InChI=1S/C19H28N2O5S/c1-4-10-25-15-7-6-14(12-16(15)24-3)13-20-19(27)21-17(22)8-9-18(23)26-11-5-2/h6-7,12H,4-5,8-11,13H2,1-3H3,(H2,20,21,22,27). The van der Waals surface area contributed by atoms with Gasteiger partial charge in [0.1, 0.15) is 0 Å². The van der Waals surface area contributed by atoms with E-state index in [1.165, 1.54) is 0 Å². The molecule has 0 radical (unpaired) electrons. The van der Waals surface area contributed by atoms with Crippen LogP contribution in [0.25, 0.3) is 0 Å². The summed E-state index contributed by atoms with van der Waals surface area (Å²) in [6.45, 7) is 5.35. The van der Waals surface area contributed by atoms with Gasteiger partial charge in [-0.25, -0.2) is 0 Å². The molecule has 0 atom stereocenters. The van der Waals surface area contributed by atoms with E-state index >= 15 is 0 Å². The Balaban J connectivity index is 2.40. The third kappa shape index (κ3) is 9.23. The van der Waals surface area contributed by atoms with Gasteiger partial charge in [0.2, 0.25) is 5.91 Å². The zero-order valence-electron chi connectivity index (χ0n) is 16.1. The third-order valence-electron chi connectivity index (χ3n) is 3.42. The molecule has 0 saturated heterocycles. The minimum Gasteiger partial charge on any atom is -0.493 e. The fourth-order valence-electron chi connectivity index (χ4n) is 2.07. The predicted molar refractivity (Wildman–Crippen MR) is 107 cm³/mol. The molecule has 0 aromatic heterocycles. The predicted octanol–water partition coefficient (Wildman–Crippen LogP) is 2.71. The molecule has 0 fully saturated rings. The SMILES string of the molecule is CCCOC(=O)CCC(=O)NC(=S)NCc1ccc(OCCC)c(OC)c1. The van der Waals surface area contributed by atoms with Gasteiger partial charge in [-0.3, -0.25) is 9.59 Å². The van der Waals surface area contributed by atoms with E-state index in [0.717, 1.165) is 18.4 Å². The maximum atomic E-state index is 11.8. The van der Waals surface area contributed by atoms with Crippen LogP contribution in [0.3, 0.4) is 0 Å². The summed E-state index contributed by atoms with van der Waals surface area (Å²) in [4.78, 5) is 23.2. The van der Waals surface area contributed by atoms with Gasteiger partial charge >= 0.3 is 5.97 Å². The molecule has 0 saturated carbocycles. The van der Waals surface area contributed by atoms with Gasteiger partial charge in [0.25, 0.3) is 0 Å². The van der Waals surface area contributed by atoms with Crippen molar-refractivity contribution in [3.8, 4) is 11.5 Å². The number of methoxy groups -OCH3 is 1. The molecule has 1 amide bonds. The molecule has 0 aliphatic carbocycles. The molecule has 0 unspecified atom stereocenters. The topological polar surface area (TPSA) is 85.9 Å². The summed E-state index contributed by atoms with van der Waals surface area (Å²) in [5, 5.41) is 5.70. The molecule has 8 heteroatoms. The zero-order chi connectivity index (χ0) is 20.1. The first-order chi connectivity index (χ1) is 13.0. The van der Waals surface area contributed by atoms with Crippen LogP contribution in [-0.4, -0.2) is 37.3 Å². The first kappa shape index (κ1) is 22.7. The highest BCUT2D eigenvalue weighted by Crippen LogP contribution is 2.28. The monoisotopic (exact) mass is 396 g/mol. The first-order valence-corrected chi connectivity index (χ1v) is 9.44. The molecule has 7 nitrogen and oxygen atoms in total. The van der Waals surface area contributed by atoms with Gasteiger partial charge in [0.05, 0.1) is 26.7 Å². The third-order valence-corrected chi connectivity index (χ3v) is 3.67. The number of esters is 1. The number of amides is 1. The quantitative estimate of drug-likeness (QED) is 0.439. The van der Waals surface area contributed by atoms with Gasteiger partial charge in [-0.1, -0.05) is 19.9 Å². The molecule has 27 heavy (non-hydrogen) atoms. The number of carbonyl (C=O) groups excluding carboxylic acids is 2. The van der Waals surface area contributed by atoms with E-state index in [1.807, 2.05) is 32.0 Å². The van der Waals surface area contributed by atoms with Crippen LogP contribution < -0.4 is 20.1 Å². The number of carbonyl (C=O) groups is 2. The fraction of sp³-hybridized carbons (Fsp3) is 0.526. The Morgan fingerprint density at radius 1 is 1.07 bits per heavy atom. The van der Waals surface area contributed by atoms with Gasteiger partial charge < -0.3 is 24.8 Å². The van der Waals surface area contributed by atoms with Crippen molar-refractivity contribution in [3.63, 3.8) is 0 Å². The Hall–Kier alpha value is -2.35. The highest BCUT2D eigenvalue weighted by Gasteiger charge is 2.10. The lowest BCUT2D eigenvalue weighted by Gasteiger charge is -2.13. The fourth-order valence-corrected chi connectivity index (χ4v) is 2.26. The first-order valence-electron chi connectivity index (χ1n) is 9.03. The number of benzene rings is 1. The molecular formula is C19H28N2O5S. The van der Waals surface area contributed by atoms with Crippen molar-refractivity contribution < 1.29 is 23.8 Å². The summed E-state index contributed by atoms with van der Waals surface area (Å²) in [6.07, 6.45) is 1.73. The average molecular weight is 397 g/mol. The van der Waals surface area contributed by atoms with Crippen LogP contribution in [0, 0.1) is 0 Å². The molecule has 0 heterocycles. The lowest BCUT2D eigenvalue weighted by Crippen LogP contribution is -2.39. The maximum absolute atomic E-state index is 11.8. The lowest BCUT2D eigenvalue weighted by molar-refractivity contribution is -0.144. The molecule has 0 bridgehead atoms. The van der Waals surface area contributed by atoms with Crippen molar-refractivity contribution in [1.82, 2.24) is 10.6 Å². The molecule has 0 aliphatic rings. The van der Waals surface area contributed by atoms with Crippen molar-refractivity contribution in [3.05, 3.63) is 23.8 Å². The van der Waals surface area contributed by atoms with Crippen molar-refractivity contribution in [2.45, 2.75) is 46.1 Å². The van der Waals surface area contributed by atoms with E-state index in [9.17, 15) is 9.59 Å². The largest absolute Gasteiger partial charge is 0.493 e. The van der Waals surface area contributed by atoms with Crippen molar-refractivity contribution in [1.29, 1.82) is 0 Å². The minimum atomic E-state index is -0.386. The Kier molecular flexibility index (Phi) is 10.9. The van der Waals surface area contributed by atoms with Crippen molar-refractivity contribution >= 4 is 29.2 Å². The van der Waals surface area contributed by atoms with Crippen molar-refractivity contribution in [2.75, 3.05) is 20.3 Å². The minimum absolute atomic E-state index is 0.0294. The number of hydrogen-bond acceptors (Lipinski definition) is 6. The summed E-state index contributed by atoms with van der Waals surface area (Å²) in [5.41, 5.74) is 0.926. The van der Waals surface area contributed by atoms with E-state index in [-0.39, 0.29) is 29.8 Å². The zero-order valence-corrected chi connectivity index (χ0v) is 16.9. The molecule has 0 spiro atoms. The summed E-state index contributed by atoms with van der Waals surface area (Å²) in [7, 11) is 1.59. The number of nitrogens with one attached hydrogen (secondary N) is 2. The van der Waals surface area contributed by atoms with E-state index in [0.29, 0.717) is 31.3 Å². The molecule has 1 aromatic rings. The molecule has 2 N–H and O–H groups in total. The maximum Gasteiger partial charge on any atom is 0.306 e. The second-order valence-electron chi connectivity index (χ2n) is 5.78. The summed E-state index contributed by atoms with van der Waals surface area (Å²) in [5.74, 6) is 0.613. The van der Waals surface area contributed by atoms with E-state index in [4.69, 9.17) is 26.4 Å². The van der Waals surface area contributed by atoms with Crippen LogP contribution in [0.5, 0.6) is 11.5 Å². The summed E-state index contributed by atoms with van der Waals surface area (Å²) < 4.78 is 15.9. The second-order valence-corrected chi connectivity index (χ2v) is 6.19. The van der Waals surface area contributed by atoms with Crippen LogP contribution in [0.15, 0.2) is 18.2 Å². The summed E-state index contributed by atoms with van der Waals surface area (Å²) >= 11 is 5.11. The number of thiocarbonyl (C=S) groups is 1. The number of ether oxygens (including phenoxy) is 3. The Labute approximate surface area is 165 Å². The van der Waals surface area contributed by atoms with E-state index < -0.39 is 0 Å². The lowest BCUT2D eigenvalue weighted by atomic mass is 10.2. The highest BCUT2D eigenvalue weighted by molar-refractivity contribution is 7.80. The van der Waals surface area contributed by atoms with Gasteiger partial charge in [0, 0.05) is 13.0 Å². The molecular weight excluding hydrogens is 368 g/mol. The molecule has 1 aromatic carbocycles. The van der Waals surface area contributed by atoms with E-state index in [1.54, 1.807) is 7.11 Å². The average Bonchev–Trinajstić information content (AvgIpc) is 2.67. The highest BCUT2D eigenvalue weighted by atomic mass is 32.1. The Bertz CT molecular complexity index is 637. The number of hydrogen-bond donors (Lipinski definition) is 2. The molecule has 150 valence electrons. The van der Waals surface area contributed by atoms with Crippen LogP contribution in [0.1, 0.15) is 45.1 Å².